The monoisotopic (exact) mass is 463 g/mol. The molecule has 5 atom stereocenters. The van der Waals surface area contributed by atoms with Crippen molar-refractivity contribution in [1.82, 2.24) is 20.9 Å². The van der Waals surface area contributed by atoms with Crippen molar-refractivity contribution in [2.24, 2.45) is 17.8 Å². The molecule has 1 aromatic carbocycles. The number of carbonyl (C=O) groups is 3. The lowest BCUT2D eigenvalue weighted by molar-refractivity contribution is -0.148. The first kappa shape index (κ1) is 20.3. The van der Waals surface area contributed by atoms with Gasteiger partial charge in [-0.05, 0) is 43.0 Å². The van der Waals surface area contributed by atoms with E-state index in [2.05, 4.69) is 49.0 Å². The fourth-order valence-corrected chi connectivity index (χ4v) is 4.75. The smallest absolute Gasteiger partial charge is 0.229 e. The predicted octanol–water partition coefficient (Wildman–Crippen LogP) is 1.20. The molecule has 0 bridgehead atoms. The Hall–Kier alpha value is -1.97. The maximum Gasteiger partial charge on any atom is 0.229 e. The number of likely N-dealkylation sites (tertiary alicyclic amines) is 1. The Kier molecular flexibility index (Phi) is 5.89. The van der Waals surface area contributed by atoms with Crippen molar-refractivity contribution in [3.05, 3.63) is 28.7 Å². The Morgan fingerprint density at radius 1 is 1.21 bits per heavy atom. The third-order valence-corrected chi connectivity index (χ3v) is 6.46. The highest BCUT2D eigenvalue weighted by Gasteiger charge is 2.49. The minimum absolute atomic E-state index is 0.00988. The molecule has 0 radical (unpaired) electrons. The van der Waals surface area contributed by atoms with Gasteiger partial charge in [-0.2, -0.15) is 0 Å². The number of fused-ring (bicyclic) bond motifs is 1. The lowest BCUT2D eigenvalue weighted by Crippen LogP contribution is -2.74. The van der Waals surface area contributed by atoms with E-state index in [1.54, 1.807) is 12.1 Å². The van der Waals surface area contributed by atoms with E-state index in [1.807, 2.05) is 12.1 Å². The molecule has 0 spiro atoms. The molecule has 156 valence electrons. The number of rotatable bonds is 3. The van der Waals surface area contributed by atoms with Crippen LogP contribution in [-0.4, -0.2) is 48.2 Å². The summed E-state index contributed by atoms with van der Waals surface area (Å²) in [5.74, 6) is -1.57. The summed E-state index contributed by atoms with van der Waals surface area (Å²) in [4.78, 5) is 40.4. The van der Waals surface area contributed by atoms with Gasteiger partial charge in [-0.15, -0.1) is 0 Å². The average Bonchev–Trinajstić information content (AvgIpc) is 2.68. The number of anilines is 1. The number of nitrogens with one attached hydrogen (secondary N) is 4. The maximum absolute atomic E-state index is 13.0. The molecule has 1 aromatic rings. The molecule has 9 heteroatoms. The predicted molar refractivity (Wildman–Crippen MR) is 111 cm³/mol. The van der Waals surface area contributed by atoms with Gasteiger partial charge in [0.25, 0.3) is 0 Å². The second-order valence-corrected chi connectivity index (χ2v) is 9.11. The Labute approximate surface area is 178 Å². The van der Waals surface area contributed by atoms with E-state index >= 15 is 0 Å². The van der Waals surface area contributed by atoms with Gasteiger partial charge in [-0.1, -0.05) is 22.9 Å². The summed E-state index contributed by atoms with van der Waals surface area (Å²) in [6.07, 6.45) is 1.35. The SMILES string of the molecule is CC1CCCN(C2NC(=O)C3C(NC(=O)CC3C(=O)Nc3ccc(Br)cc3)N2)C1. The lowest BCUT2D eigenvalue weighted by Gasteiger charge is -2.47. The Morgan fingerprint density at radius 2 is 1.97 bits per heavy atom. The molecule has 3 amide bonds. The molecule has 8 nitrogen and oxygen atoms in total. The molecule has 0 aliphatic carbocycles. The van der Waals surface area contributed by atoms with Crippen LogP contribution in [0.25, 0.3) is 0 Å². The van der Waals surface area contributed by atoms with Gasteiger partial charge in [0.2, 0.25) is 17.7 Å². The van der Waals surface area contributed by atoms with Gasteiger partial charge < -0.3 is 16.0 Å². The van der Waals surface area contributed by atoms with Crippen molar-refractivity contribution < 1.29 is 14.4 Å². The molecule has 29 heavy (non-hydrogen) atoms. The fourth-order valence-electron chi connectivity index (χ4n) is 4.48. The second-order valence-electron chi connectivity index (χ2n) is 8.20. The minimum atomic E-state index is -0.730. The standard InChI is InChI=1S/C20H26BrN5O3/c1-11-3-2-8-26(10-11)20-24-17-16(19(29)25-20)14(9-15(27)23-17)18(28)22-13-6-4-12(21)5-7-13/h4-7,11,14,16-17,20,24H,2-3,8-10H2,1H3,(H,22,28)(H,23,27)(H,25,29). The molecule has 0 saturated carbocycles. The van der Waals surface area contributed by atoms with Crippen LogP contribution in [0.3, 0.4) is 0 Å². The Balaban J connectivity index is 1.48. The average molecular weight is 464 g/mol. The van der Waals surface area contributed by atoms with Crippen molar-refractivity contribution in [2.45, 2.75) is 38.6 Å². The highest BCUT2D eigenvalue weighted by Crippen LogP contribution is 2.29. The lowest BCUT2D eigenvalue weighted by atomic mass is 9.81. The minimum Gasteiger partial charge on any atom is -0.340 e. The van der Waals surface area contributed by atoms with Crippen LogP contribution in [0.15, 0.2) is 28.7 Å². The van der Waals surface area contributed by atoms with Crippen molar-refractivity contribution >= 4 is 39.3 Å². The summed E-state index contributed by atoms with van der Waals surface area (Å²) >= 11 is 3.36. The zero-order valence-corrected chi connectivity index (χ0v) is 17.9. The molecule has 5 unspecified atom stereocenters. The molecule has 4 N–H and O–H groups in total. The highest BCUT2D eigenvalue weighted by molar-refractivity contribution is 9.10. The van der Waals surface area contributed by atoms with Gasteiger partial charge in [0.15, 0.2) is 0 Å². The van der Waals surface area contributed by atoms with Gasteiger partial charge in [-0.25, -0.2) is 0 Å². The normalized spacial score (nSPS) is 32.7. The quantitative estimate of drug-likeness (QED) is 0.539. The third kappa shape index (κ3) is 4.46. The second kappa shape index (κ2) is 8.41. The Morgan fingerprint density at radius 3 is 2.69 bits per heavy atom. The third-order valence-electron chi connectivity index (χ3n) is 5.94. The van der Waals surface area contributed by atoms with Crippen molar-refractivity contribution in [2.75, 3.05) is 18.4 Å². The first-order valence-corrected chi connectivity index (χ1v) is 10.9. The number of hydrogen-bond acceptors (Lipinski definition) is 5. The van der Waals surface area contributed by atoms with E-state index in [9.17, 15) is 14.4 Å². The van der Waals surface area contributed by atoms with Crippen LogP contribution in [0.1, 0.15) is 26.2 Å². The Bertz CT molecular complexity index is 802. The number of nitrogens with zero attached hydrogens (tertiary/aromatic N) is 1. The first-order valence-electron chi connectivity index (χ1n) is 10.1. The summed E-state index contributed by atoms with van der Waals surface area (Å²) in [5, 5.41) is 12.1. The molecule has 4 rings (SSSR count). The van der Waals surface area contributed by atoms with Crippen LogP contribution in [0.4, 0.5) is 5.69 Å². The molecular formula is C20H26BrN5O3. The molecule has 0 aromatic heterocycles. The topological polar surface area (TPSA) is 103 Å². The van der Waals surface area contributed by atoms with Gasteiger partial charge in [0.05, 0.1) is 18.0 Å². The van der Waals surface area contributed by atoms with E-state index in [1.165, 1.54) is 6.42 Å². The summed E-state index contributed by atoms with van der Waals surface area (Å²) in [7, 11) is 0. The summed E-state index contributed by atoms with van der Waals surface area (Å²) in [6, 6.07) is 7.19. The number of hydrogen-bond donors (Lipinski definition) is 4. The fraction of sp³-hybridized carbons (Fsp3) is 0.550. The summed E-state index contributed by atoms with van der Waals surface area (Å²) in [6.45, 7) is 3.97. The van der Waals surface area contributed by atoms with Crippen molar-refractivity contribution in [3.8, 4) is 0 Å². The van der Waals surface area contributed by atoms with Crippen LogP contribution >= 0.6 is 15.9 Å². The molecule has 3 aliphatic heterocycles. The molecule has 3 saturated heterocycles. The van der Waals surface area contributed by atoms with Crippen LogP contribution < -0.4 is 21.3 Å². The van der Waals surface area contributed by atoms with Crippen LogP contribution in [0, 0.1) is 17.8 Å². The summed E-state index contributed by atoms with van der Waals surface area (Å²) in [5.41, 5.74) is 0.630. The van der Waals surface area contributed by atoms with E-state index < -0.39 is 18.0 Å². The van der Waals surface area contributed by atoms with Gasteiger partial charge in [0.1, 0.15) is 6.29 Å². The number of piperidine rings is 2. The van der Waals surface area contributed by atoms with Crippen LogP contribution in [0.5, 0.6) is 0 Å². The van der Waals surface area contributed by atoms with Gasteiger partial charge in [-0.3, -0.25) is 24.6 Å². The van der Waals surface area contributed by atoms with Gasteiger partial charge in [0, 0.05) is 29.7 Å². The molecule has 3 aliphatic rings. The number of halogens is 1. The number of benzene rings is 1. The van der Waals surface area contributed by atoms with Crippen molar-refractivity contribution in [1.29, 1.82) is 0 Å². The molecular weight excluding hydrogens is 438 g/mol. The van der Waals surface area contributed by atoms with Crippen LogP contribution in [-0.2, 0) is 14.4 Å². The maximum atomic E-state index is 13.0. The molecule has 3 heterocycles. The zero-order valence-electron chi connectivity index (χ0n) is 16.3. The van der Waals surface area contributed by atoms with E-state index in [0.29, 0.717) is 11.6 Å². The van der Waals surface area contributed by atoms with Gasteiger partial charge >= 0.3 is 0 Å². The summed E-state index contributed by atoms with van der Waals surface area (Å²) < 4.78 is 0.904. The van der Waals surface area contributed by atoms with E-state index in [-0.39, 0.29) is 30.4 Å². The molecule has 3 fully saturated rings. The van der Waals surface area contributed by atoms with Crippen LogP contribution in [0.2, 0.25) is 0 Å². The number of carbonyl (C=O) groups excluding carboxylic acids is 3. The largest absolute Gasteiger partial charge is 0.340 e. The number of amides is 3. The highest BCUT2D eigenvalue weighted by atomic mass is 79.9. The van der Waals surface area contributed by atoms with E-state index in [0.717, 1.165) is 24.0 Å². The zero-order chi connectivity index (χ0) is 20.5. The van der Waals surface area contributed by atoms with E-state index in [4.69, 9.17) is 0 Å². The van der Waals surface area contributed by atoms with Crippen molar-refractivity contribution in [3.63, 3.8) is 0 Å². The first-order chi connectivity index (χ1) is 13.9.